The number of aryl methyl sites for hydroxylation is 1. The van der Waals surface area contributed by atoms with Gasteiger partial charge in [-0.3, -0.25) is 4.79 Å². The van der Waals surface area contributed by atoms with Crippen molar-refractivity contribution >= 4 is 25.6 Å². The standard InChI is InChI=1S/C14H19ClFNO3S/c1-5-6-14(3,4)17-13(18)10-7-9(2)12(16)11(8-10)21(15,19)20/h7-8H,5-6H2,1-4H3,(H,17,18). The van der Waals surface area contributed by atoms with Gasteiger partial charge >= 0.3 is 0 Å². The van der Waals surface area contributed by atoms with Gasteiger partial charge in [0.05, 0.1) is 0 Å². The van der Waals surface area contributed by atoms with Gasteiger partial charge in [0, 0.05) is 21.8 Å². The summed E-state index contributed by atoms with van der Waals surface area (Å²) in [4.78, 5) is 11.5. The first-order chi connectivity index (χ1) is 9.48. The molecule has 1 rings (SSSR count). The van der Waals surface area contributed by atoms with E-state index in [0.29, 0.717) is 0 Å². The van der Waals surface area contributed by atoms with E-state index >= 15 is 0 Å². The zero-order valence-electron chi connectivity index (χ0n) is 12.5. The topological polar surface area (TPSA) is 63.2 Å². The summed E-state index contributed by atoms with van der Waals surface area (Å²) in [7, 11) is 0.947. The third kappa shape index (κ3) is 4.68. The van der Waals surface area contributed by atoms with Crippen molar-refractivity contribution in [3.63, 3.8) is 0 Å². The van der Waals surface area contributed by atoms with Crippen LogP contribution >= 0.6 is 10.7 Å². The van der Waals surface area contributed by atoms with Crippen molar-refractivity contribution in [1.82, 2.24) is 5.32 Å². The summed E-state index contributed by atoms with van der Waals surface area (Å²) in [5.41, 5.74) is -0.318. The van der Waals surface area contributed by atoms with E-state index in [1.165, 1.54) is 13.0 Å². The van der Waals surface area contributed by atoms with Crippen molar-refractivity contribution in [3.05, 3.63) is 29.1 Å². The minimum absolute atomic E-state index is 0.0511. The summed E-state index contributed by atoms with van der Waals surface area (Å²) in [5, 5.41) is 2.80. The lowest BCUT2D eigenvalue weighted by Gasteiger charge is -2.26. The maximum Gasteiger partial charge on any atom is 0.264 e. The summed E-state index contributed by atoms with van der Waals surface area (Å²) < 4.78 is 36.5. The highest BCUT2D eigenvalue weighted by molar-refractivity contribution is 8.13. The van der Waals surface area contributed by atoms with Crippen LogP contribution in [-0.2, 0) is 9.05 Å². The summed E-state index contributed by atoms with van der Waals surface area (Å²) in [6.07, 6.45) is 1.65. The molecule has 0 fully saturated rings. The summed E-state index contributed by atoms with van der Waals surface area (Å²) in [6.45, 7) is 7.11. The molecule has 0 saturated heterocycles. The average molecular weight is 336 g/mol. The first-order valence-electron chi connectivity index (χ1n) is 6.55. The SMILES string of the molecule is CCCC(C)(C)NC(=O)c1cc(C)c(F)c(S(=O)(=O)Cl)c1. The Morgan fingerprint density at radius 1 is 1.38 bits per heavy atom. The first kappa shape index (κ1) is 17.9. The van der Waals surface area contributed by atoms with E-state index in [9.17, 15) is 17.6 Å². The molecule has 0 radical (unpaired) electrons. The Hall–Kier alpha value is -1.14. The molecule has 0 saturated carbocycles. The predicted octanol–water partition coefficient (Wildman–Crippen LogP) is 3.37. The molecule has 1 N–H and O–H groups in total. The van der Waals surface area contributed by atoms with E-state index in [-0.39, 0.29) is 11.1 Å². The van der Waals surface area contributed by atoms with Crippen LogP contribution < -0.4 is 5.32 Å². The highest BCUT2D eigenvalue weighted by Gasteiger charge is 2.24. The second-order valence-electron chi connectivity index (χ2n) is 5.63. The highest BCUT2D eigenvalue weighted by Crippen LogP contribution is 2.24. The fourth-order valence-corrected chi connectivity index (χ4v) is 3.09. The van der Waals surface area contributed by atoms with Gasteiger partial charge in [-0.2, -0.15) is 0 Å². The van der Waals surface area contributed by atoms with Crippen LogP contribution in [-0.4, -0.2) is 19.9 Å². The van der Waals surface area contributed by atoms with E-state index in [4.69, 9.17) is 10.7 Å². The van der Waals surface area contributed by atoms with Gasteiger partial charge in [-0.05, 0) is 44.9 Å². The monoisotopic (exact) mass is 335 g/mol. The Morgan fingerprint density at radius 3 is 2.43 bits per heavy atom. The van der Waals surface area contributed by atoms with Crippen LogP contribution in [0.25, 0.3) is 0 Å². The smallest absolute Gasteiger partial charge is 0.264 e. The maximum atomic E-state index is 13.8. The summed E-state index contributed by atoms with van der Waals surface area (Å²) in [5.74, 6) is -1.40. The fraction of sp³-hybridized carbons (Fsp3) is 0.500. The molecule has 7 heteroatoms. The van der Waals surface area contributed by atoms with Gasteiger partial charge in [-0.25, -0.2) is 12.8 Å². The fourth-order valence-electron chi connectivity index (χ4n) is 2.11. The molecule has 0 aliphatic carbocycles. The lowest BCUT2D eigenvalue weighted by Crippen LogP contribution is -2.43. The predicted molar refractivity (Wildman–Crippen MR) is 80.6 cm³/mol. The van der Waals surface area contributed by atoms with Crippen LogP contribution in [0.4, 0.5) is 4.39 Å². The van der Waals surface area contributed by atoms with Crippen molar-refractivity contribution in [3.8, 4) is 0 Å². The van der Waals surface area contributed by atoms with E-state index in [1.54, 1.807) is 0 Å². The highest BCUT2D eigenvalue weighted by atomic mass is 35.7. The van der Waals surface area contributed by atoms with Gasteiger partial charge < -0.3 is 5.32 Å². The molecule has 0 atom stereocenters. The second-order valence-corrected chi connectivity index (χ2v) is 8.17. The van der Waals surface area contributed by atoms with Crippen LogP contribution in [0.2, 0.25) is 0 Å². The molecule has 118 valence electrons. The van der Waals surface area contributed by atoms with Gasteiger partial charge in [-0.1, -0.05) is 13.3 Å². The minimum atomic E-state index is -4.25. The molecule has 0 unspecified atom stereocenters. The molecule has 1 amide bonds. The normalized spacial score (nSPS) is 12.3. The lowest BCUT2D eigenvalue weighted by molar-refractivity contribution is 0.0908. The van der Waals surface area contributed by atoms with E-state index in [0.717, 1.165) is 18.9 Å². The molecular formula is C14H19ClFNO3S. The molecule has 21 heavy (non-hydrogen) atoms. The number of halogens is 2. The molecule has 0 aliphatic heterocycles. The third-order valence-electron chi connectivity index (χ3n) is 3.07. The molecule has 0 spiro atoms. The Bertz CT molecular complexity index is 656. The first-order valence-corrected chi connectivity index (χ1v) is 8.86. The quantitative estimate of drug-likeness (QED) is 0.839. The zero-order valence-corrected chi connectivity index (χ0v) is 14.0. The Kier molecular flexibility index (Phi) is 5.39. The molecule has 1 aromatic rings. The lowest BCUT2D eigenvalue weighted by atomic mass is 9.98. The van der Waals surface area contributed by atoms with Gasteiger partial charge in [0.15, 0.2) is 0 Å². The minimum Gasteiger partial charge on any atom is -0.347 e. The maximum absolute atomic E-state index is 13.8. The molecule has 0 aromatic heterocycles. The van der Waals surface area contributed by atoms with Crippen molar-refractivity contribution in [2.24, 2.45) is 0 Å². The van der Waals surface area contributed by atoms with Crippen molar-refractivity contribution in [2.45, 2.75) is 51.0 Å². The van der Waals surface area contributed by atoms with E-state index < -0.39 is 31.2 Å². The van der Waals surface area contributed by atoms with Gasteiger partial charge in [-0.15, -0.1) is 0 Å². The number of benzene rings is 1. The molecule has 1 aromatic carbocycles. The zero-order chi connectivity index (χ0) is 16.4. The number of rotatable bonds is 5. The molecule has 0 heterocycles. The largest absolute Gasteiger partial charge is 0.347 e. The Balaban J connectivity index is 3.21. The van der Waals surface area contributed by atoms with Crippen LogP contribution in [0, 0.1) is 12.7 Å². The van der Waals surface area contributed by atoms with Gasteiger partial charge in [0.1, 0.15) is 10.7 Å². The van der Waals surface area contributed by atoms with Gasteiger partial charge in [0.2, 0.25) is 0 Å². The summed E-state index contributed by atoms with van der Waals surface area (Å²) in [6, 6.07) is 2.26. The summed E-state index contributed by atoms with van der Waals surface area (Å²) >= 11 is 0. The van der Waals surface area contributed by atoms with Crippen molar-refractivity contribution < 1.29 is 17.6 Å². The van der Waals surface area contributed by atoms with E-state index in [2.05, 4.69) is 5.32 Å². The number of hydrogen-bond donors (Lipinski definition) is 1. The average Bonchev–Trinajstić information content (AvgIpc) is 2.29. The van der Waals surface area contributed by atoms with Crippen molar-refractivity contribution in [2.75, 3.05) is 0 Å². The number of carbonyl (C=O) groups is 1. The van der Waals surface area contributed by atoms with Crippen LogP contribution in [0.1, 0.15) is 49.5 Å². The Labute approximate surface area is 129 Å². The van der Waals surface area contributed by atoms with Crippen LogP contribution in [0.5, 0.6) is 0 Å². The van der Waals surface area contributed by atoms with Crippen LogP contribution in [0.3, 0.4) is 0 Å². The number of hydrogen-bond acceptors (Lipinski definition) is 3. The molecule has 0 bridgehead atoms. The number of carbonyl (C=O) groups excluding carboxylic acids is 1. The molecule has 4 nitrogen and oxygen atoms in total. The van der Waals surface area contributed by atoms with E-state index in [1.807, 2.05) is 20.8 Å². The number of nitrogens with one attached hydrogen (secondary N) is 1. The van der Waals surface area contributed by atoms with Gasteiger partial charge in [0.25, 0.3) is 15.0 Å². The van der Waals surface area contributed by atoms with Crippen molar-refractivity contribution in [1.29, 1.82) is 0 Å². The second kappa shape index (κ2) is 6.32. The Morgan fingerprint density at radius 2 is 1.95 bits per heavy atom. The third-order valence-corrected chi connectivity index (χ3v) is 4.39. The number of amides is 1. The molecule has 0 aliphatic rings. The molecular weight excluding hydrogens is 317 g/mol. The van der Waals surface area contributed by atoms with Crippen LogP contribution in [0.15, 0.2) is 17.0 Å².